The summed E-state index contributed by atoms with van der Waals surface area (Å²) in [7, 11) is -3.61. The number of nitrogens with one attached hydrogen (secondary N) is 1. The van der Waals surface area contributed by atoms with Gasteiger partial charge >= 0.3 is 0 Å². The summed E-state index contributed by atoms with van der Waals surface area (Å²) in [6, 6.07) is 0. The van der Waals surface area contributed by atoms with Crippen LogP contribution in [0, 0.1) is 0 Å². The second kappa shape index (κ2) is 5.94. The molecule has 0 amide bonds. The van der Waals surface area contributed by atoms with E-state index >= 15 is 0 Å². The maximum absolute atomic E-state index is 12.0. The van der Waals surface area contributed by atoms with Gasteiger partial charge < -0.3 is 5.73 Å². The van der Waals surface area contributed by atoms with Crippen molar-refractivity contribution in [3.63, 3.8) is 0 Å². The van der Waals surface area contributed by atoms with E-state index in [0.29, 0.717) is 11.6 Å². The largest absolute Gasteiger partial charge is 0.392 e. The molecule has 1 unspecified atom stereocenters. The Labute approximate surface area is 117 Å². The molecule has 1 heterocycles. The lowest BCUT2D eigenvalue weighted by atomic mass is 10.2. The normalized spacial score (nSPS) is 13.6. The summed E-state index contributed by atoms with van der Waals surface area (Å²) in [5.74, 6) is 0.261. The third kappa shape index (κ3) is 3.63. The quantitative estimate of drug-likeness (QED) is 0.786. The molecule has 0 bridgehead atoms. The number of thiocarbonyl (C=S) groups is 1. The average molecular weight is 307 g/mol. The van der Waals surface area contributed by atoms with E-state index in [2.05, 4.69) is 9.71 Å². The summed E-state index contributed by atoms with van der Waals surface area (Å²) < 4.78 is 26.5. The van der Waals surface area contributed by atoms with Crippen LogP contribution in [0.5, 0.6) is 0 Å². The maximum atomic E-state index is 12.0. The van der Waals surface area contributed by atoms with Gasteiger partial charge in [-0.3, -0.25) is 4.72 Å². The van der Waals surface area contributed by atoms with Crippen LogP contribution in [0.3, 0.4) is 0 Å². The molecule has 5 nitrogen and oxygen atoms in total. The van der Waals surface area contributed by atoms with Crippen LogP contribution in [0.15, 0.2) is 5.38 Å². The molecule has 0 aliphatic rings. The van der Waals surface area contributed by atoms with Gasteiger partial charge in [0, 0.05) is 5.38 Å². The van der Waals surface area contributed by atoms with Crippen LogP contribution in [0.25, 0.3) is 0 Å². The van der Waals surface area contributed by atoms with E-state index in [4.69, 9.17) is 18.0 Å². The fraction of sp³-hybridized carbons (Fsp3) is 0.600. The molecule has 0 aliphatic carbocycles. The molecule has 0 radical (unpaired) electrons. The zero-order valence-electron chi connectivity index (χ0n) is 10.5. The Morgan fingerprint density at radius 1 is 1.61 bits per heavy atom. The molecule has 0 fully saturated rings. The Morgan fingerprint density at radius 3 is 2.61 bits per heavy atom. The number of nitrogens with two attached hydrogens (primary N) is 1. The SMILES string of the molecule is CCC(C(N)=S)S(=O)(=O)Nc1nc(C(C)C)cs1. The van der Waals surface area contributed by atoms with Crippen molar-refractivity contribution in [1.82, 2.24) is 4.98 Å². The number of anilines is 1. The van der Waals surface area contributed by atoms with Gasteiger partial charge in [-0.1, -0.05) is 33.0 Å². The number of sulfonamides is 1. The molecular weight excluding hydrogens is 290 g/mol. The monoisotopic (exact) mass is 307 g/mol. The van der Waals surface area contributed by atoms with Gasteiger partial charge in [-0.05, 0) is 12.3 Å². The number of rotatable bonds is 6. The highest BCUT2D eigenvalue weighted by Crippen LogP contribution is 2.23. The number of hydrogen-bond donors (Lipinski definition) is 2. The van der Waals surface area contributed by atoms with Crippen LogP contribution in [-0.2, 0) is 10.0 Å². The Balaban J connectivity index is 2.91. The highest BCUT2D eigenvalue weighted by molar-refractivity contribution is 7.95. The summed E-state index contributed by atoms with van der Waals surface area (Å²) in [5, 5.41) is 1.33. The fourth-order valence-corrected chi connectivity index (χ4v) is 4.34. The minimum absolute atomic E-state index is 0.0226. The van der Waals surface area contributed by atoms with E-state index in [0.717, 1.165) is 5.69 Å². The van der Waals surface area contributed by atoms with Crippen molar-refractivity contribution < 1.29 is 8.42 Å². The summed E-state index contributed by atoms with van der Waals surface area (Å²) in [6.07, 6.45) is 0.340. The fourth-order valence-electron chi connectivity index (χ4n) is 1.36. The van der Waals surface area contributed by atoms with E-state index in [-0.39, 0.29) is 10.9 Å². The van der Waals surface area contributed by atoms with Crippen molar-refractivity contribution >= 4 is 43.7 Å². The van der Waals surface area contributed by atoms with E-state index in [1.807, 2.05) is 19.2 Å². The van der Waals surface area contributed by atoms with Gasteiger partial charge in [-0.15, -0.1) is 11.3 Å². The van der Waals surface area contributed by atoms with E-state index in [1.54, 1.807) is 6.92 Å². The predicted molar refractivity (Wildman–Crippen MR) is 79.6 cm³/mol. The van der Waals surface area contributed by atoms with Gasteiger partial charge in [0.1, 0.15) is 5.25 Å². The lowest BCUT2D eigenvalue weighted by Crippen LogP contribution is -2.37. The van der Waals surface area contributed by atoms with Crippen LogP contribution in [0.4, 0.5) is 5.13 Å². The molecule has 1 aromatic heterocycles. The zero-order valence-corrected chi connectivity index (χ0v) is 13.0. The molecule has 1 aromatic rings. The summed E-state index contributed by atoms with van der Waals surface area (Å²) in [4.78, 5) is 4.19. The van der Waals surface area contributed by atoms with Crippen molar-refractivity contribution in [2.45, 2.75) is 38.4 Å². The predicted octanol–water partition coefficient (Wildman–Crippen LogP) is 2.07. The molecular formula is C10H17N3O2S3. The summed E-state index contributed by atoms with van der Waals surface area (Å²) >= 11 is 6.03. The molecule has 102 valence electrons. The number of thiazole rings is 1. The van der Waals surface area contributed by atoms with Crippen molar-refractivity contribution in [2.75, 3.05) is 4.72 Å². The van der Waals surface area contributed by atoms with Gasteiger partial charge in [0.2, 0.25) is 10.0 Å². The first-order chi connectivity index (χ1) is 8.27. The van der Waals surface area contributed by atoms with Crippen LogP contribution < -0.4 is 10.5 Å². The third-order valence-corrected chi connectivity index (χ3v) is 5.56. The molecule has 18 heavy (non-hydrogen) atoms. The number of nitrogens with zero attached hydrogens (tertiary/aromatic N) is 1. The van der Waals surface area contributed by atoms with Crippen molar-refractivity contribution in [3.8, 4) is 0 Å². The Bertz CT molecular complexity index is 522. The van der Waals surface area contributed by atoms with E-state index < -0.39 is 15.3 Å². The van der Waals surface area contributed by atoms with Crippen LogP contribution in [0.2, 0.25) is 0 Å². The topological polar surface area (TPSA) is 85.1 Å². The Kier molecular flexibility index (Phi) is 5.06. The lowest BCUT2D eigenvalue weighted by Gasteiger charge is -2.14. The molecule has 1 atom stereocenters. The Hall–Kier alpha value is -0.730. The van der Waals surface area contributed by atoms with Crippen LogP contribution >= 0.6 is 23.6 Å². The molecule has 1 rings (SSSR count). The standard InChI is InChI=1S/C10H17N3O2S3/c1-4-8(9(11)16)18(14,15)13-10-12-7(5-17-10)6(2)3/h5-6,8H,4H2,1-3H3,(H2,11,16)(H,12,13). The minimum atomic E-state index is -3.61. The molecule has 8 heteroatoms. The van der Waals surface area contributed by atoms with Gasteiger partial charge in [-0.2, -0.15) is 0 Å². The lowest BCUT2D eigenvalue weighted by molar-refractivity contribution is 0.594. The Morgan fingerprint density at radius 2 is 2.22 bits per heavy atom. The smallest absolute Gasteiger partial charge is 0.243 e. The van der Waals surface area contributed by atoms with Crippen LogP contribution in [0.1, 0.15) is 38.8 Å². The summed E-state index contributed by atoms with van der Waals surface area (Å²) in [5.41, 5.74) is 6.30. The zero-order chi connectivity index (χ0) is 13.9. The van der Waals surface area contributed by atoms with E-state index in [1.165, 1.54) is 11.3 Å². The van der Waals surface area contributed by atoms with Crippen LogP contribution in [-0.4, -0.2) is 23.6 Å². The first-order valence-electron chi connectivity index (χ1n) is 5.54. The second-order valence-corrected chi connectivity index (χ2v) is 7.37. The van der Waals surface area contributed by atoms with Crippen molar-refractivity contribution in [3.05, 3.63) is 11.1 Å². The molecule has 0 aliphatic heterocycles. The van der Waals surface area contributed by atoms with Gasteiger partial charge in [0.25, 0.3) is 0 Å². The molecule has 0 saturated carbocycles. The molecule has 0 spiro atoms. The van der Waals surface area contributed by atoms with E-state index in [9.17, 15) is 8.42 Å². The first kappa shape index (κ1) is 15.3. The number of aromatic nitrogens is 1. The summed E-state index contributed by atoms with van der Waals surface area (Å²) in [6.45, 7) is 5.72. The minimum Gasteiger partial charge on any atom is -0.392 e. The van der Waals surface area contributed by atoms with Gasteiger partial charge in [0.05, 0.1) is 10.7 Å². The first-order valence-corrected chi connectivity index (χ1v) is 8.37. The third-order valence-electron chi connectivity index (χ3n) is 2.41. The highest BCUT2D eigenvalue weighted by Gasteiger charge is 2.27. The number of hydrogen-bond acceptors (Lipinski definition) is 5. The molecule has 0 saturated heterocycles. The highest BCUT2D eigenvalue weighted by atomic mass is 32.2. The maximum Gasteiger partial charge on any atom is 0.243 e. The van der Waals surface area contributed by atoms with Gasteiger partial charge in [-0.25, -0.2) is 13.4 Å². The second-order valence-electron chi connectivity index (χ2n) is 4.18. The average Bonchev–Trinajstić information content (AvgIpc) is 2.64. The van der Waals surface area contributed by atoms with Crippen molar-refractivity contribution in [1.29, 1.82) is 0 Å². The molecule has 3 N–H and O–H groups in total. The van der Waals surface area contributed by atoms with Crippen molar-refractivity contribution in [2.24, 2.45) is 5.73 Å². The van der Waals surface area contributed by atoms with Gasteiger partial charge in [0.15, 0.2) is 5.13 Å². The molecule has 0 aromatic carbocycles.